The number of ether oxygens (including phenoxy) is 1. The molecule has 2 fully saturated rings. The second kappa shape index (κ2) is 6.47. The minimum Gasteiger partial charge on any atom is -0.504 e. The van der Waals surface area contributed by atoms with Crippen LogP contribution in [0.25, 0.3) is 0 Å². The molecule has 2 rings (SSSR count). The van der Waals surface area contributed by atoms with E-state index in [4.69, 9.17) is 4.74 Å². The number of hydrogen-bond donors (Lipinski definition) is 0. The average Bonchev–Trinajstić information content (AvgIpc) is 2.80. The molecular formula is C16H28O. The highest BCUT2D eigenvalue weighted by Crippen LogP contribution is 2.43. The van der Waals surface area contributed by atoms with Gasteiger partial charge in [0.2, 0.25) is 0 Å². The largest absolute Gasteiger partial charge is 0.504 e. The summed E-state index contributed by atoms with van der Waals surface area (Å²) in [5.74, 6) is 3.13. The molecule has 0 amide bonds. The molecule has 2 aliphatic rings. The second-order valence-electron chi connectivity index (χ2n) is 6.08. The van der Waals surface area contributed by atoms with Crippen LogP contribution in [0.15, 0.2) is 11.8 Å². The Morgan fingerprint density at radius 1 is 1.12 bits per heavy atom. The monoisotopic (exact) mass is 236 g/mol. The maximum atomic E-state index is 5.13. The number of hydrogen-bond acceptors (Lipinski definition) is 1. The fourth-order valence-electron chi connectivity index (χ4n) is 3.98. The molecule has 0 aromatic rings. The summed E-state index contributed by atoms with van der Waals surface area (Å²) in [6, 6.07) is 0. The Balaban J connectivity index is 1.76. The van der Waals surface area contributed by atoms with Crippen molar-refractivity contribution in [1.29, 1.82) is 0 Å². The molecule has 2 saturated carbocycles. The van der Waals surface area contributed by atoms with E-state index in [0.29, 0.717) is 0 Å². The van der Waals surface area contributed by atoms with Crippen LogP contribution in [-0.2, 0) is 4.74 Å². The van der Waals surface area contributed by atoms with Crippen molar-refractivity contribution in [2.24, 2.45) is 17.8 Å². The first-order valence-corrected chi connectivity index (χ1v) is 7.54. The highest BCUT2D eigenvalue weighted by Gasteiger charge is 2.31. The van der Waals surface area contributed by atoms with Gasteiger partial charge in [-0.1, -0.05) is 26.2 Å². The van der Waals surface area contributed by atoms with Crippen molar-refractivity contribution in [2.45, 2.75) is 64.7 Å². The lowest BCUT2D eigenvalue weighted by Gasteiger charge is -2.28. The number of rotatable bonds is 4. The molecule has 1 heteroatoms. The third kappa shape index (κ3) is 3.50. The van der Waals surface area contributed by atoms with Crippen LogP contribution in [0.2, 0.25) is 0 Å². The Kier molecular flexibility index (Phi) is 4.94. The lowest BCUT2D eigenvalue weighted by Crippen LogP contribution is -2.17. The number of allylic oxidation sites excluding steroid dienone is 1. The zero-order valence-corrected chi connectivity index (χ0v) is 11.6. The van der Waals surface area contributed by atoms with E-state index >= 15 is 0 Å². The lowest BCUT2D eigenvalue weighted by molar-refractivity contribution is 0.261. The van der Waals surface area contributed by atoms with E-state index in [0.717, 1.165) is 17.8 Å². The number of methoxy groups -OCH3 is 1. The molecule has 1 nitrogen and oxygen atoms in total. The van der Waals surface area contributed by atoms with E-state index < -0.39 is 0 Å². The molecule has 0 saturated heterocycles. The molecule has 0 radical (unpaired) electrons. The fraction of sp³-hybridized carbons (Fsp3) is 0.875. The highest BCUT2D eigenvalue weighted by atomic mass is 16.5. The van der Waals surface area contributed by atoms with E-state index in [2.05, 4.69) is 6.92 Å². The molecular weight excluding hydrogens is 208 g/mol. The maximum Gasteiger partial charge on any atom is 0.0816 e. The minimum atomic E-state index is 1.02. The van der Waals surface area contributed by atoms with Gasteiger partial charge in [0.05, 0.1) is 13.4 Å². The van der Waals surface area contributed by atoms with Crippen molar-refractivity contribution in [3.8, 4) is 0 Å². The van der Waals surface area contributed by atoms with Gasteiger partial charge in [-0.15, -0.1) is 0 Å². The first-order chi connectivity index (χ1) is 8.33. The summed E-state index contributed by atoms with van der Waals surface area (Å²) >= 11 is 0. The van der Waals surface area contributed by atoms with Gasteiger partial charge in [0.1, 0.15) is 0 Å². The van der Waals surface area contributed by atoms with Crippen LogP contribution < -0.4 is 0 Å². The fourth-order valence-corrected chi connectivity index (χ4v) is 3.98. The van der Waals surface area contributed by atoms with E-state index in [-0.39, 0.29) is 0 Å². The van der Waals surface area contributed by atoms with Gasteiger partial charge >= 0.3 is 0 Å². The third-order valence-corrected chi connectivity index (χ3v) is 4.90. The molecule has 2 atom stereocenters. The zero-order valence-electron chi connectivity index (χ0n) is 11.6. The van der Waals surface area contributed by atoms with Gasteiger partial charge in [-0.05, 0) is 61.9 Å². The first-order valence-electron chi connectivity index (χ1n) is 7.54. The van der Waals surface area contributed by atoms with Gasteiger partial charge in [0.25, 0.3) is 0 Å². The van der Waals surface area contributed by atoms with Crippen molar-refractivity contribution in [3.63, 3.8) is 0 Å². The van der Waals surface area contributed by atoms with Crippen molar-refractivity contribution in [1.82, 2.24) is 0 Å². The van der Waals surface area contributed by atoms with E-state index in [1.54, 1.807) is 7.11 Å². The van der Waals surface area contributed by atoms with Crippen LogP contribution in [0, 0.1) is 17.8 Å². The van der Waals surface area contributed by atoms with Gasteiger partial charge in [-0.2, -0.15) is 0 Å². The standard InChI is InChI=1S/C16H28O/c1-3-4-13-5-10-16(11-13)15-8-6-14(7-9-15)12-17-2/h12-13,15-16H,3-11H2,1-2H3. The Bertz CT molecular complexity index is 246. The summed E-state index contributed by atoms with van der Waals surface area (Å²) in [6.45, 7) is 2.33. The maximum absolute atomic E-state index is 5.13. The summed E-state index contributed by atoms with van der Waals surface area (Å²) in [5, 5.41) is 0. The second-order valence-corrected chi connectivity index (χ2v) is 6.08. The van der Waals surface area contributed by atoms with Gasteiger partial charge in [0, 0.05) is 0 Å². The molecule has 2 unspecified atom stereocenters. The summed E-state index contributed by atoms with van der Waals surface area (Å²) in [4.78, 5) is 0. The Labute approximate surface area is 107 Å². The molecule has 0 N–H and O–H groups in total. The molecule has 0 aromatic carbocycles. The lowest BCUT2D eigenvalue weighted by atomic mass is 9.77. The average molecular weight is 236 g/mol. The van der Waals surface area contributed by atoms with Crippen LogP contribution in [0.4, 0.5) is 0 Å². The van der Waals surface area contributed by atoms with Gasteiger partial charge in [-0.25, -0.2) is 0 Å². The Morgan fingerprint density at radius 3 is 2.53 bits per heavy atom. The van der Waals surface area contributed by atoms with Gasteiger partial charge in [-0.3, -0.25) is 0 Å². The van der Waals surface area contributed by atoms with Crippen LogP contribution in [0.1, 0.15) is 64.7 Å². The minimum absolute atomic E-state index is 1.02. The van der Waals surface area contributed by atoms with Crippen molar-refractivity contribution < 1.29 is 4.74 Å². The highest BCUT2D eigenvalue weighted by molar-refractivity contribution is 5.02. The van der Waals surface area contributed by atoms with Crippen molar-refractivity contribution in [2.75, 3.05) is 7.11 Å². The summed E-state index contributed by atoms with van der Waals surface area (Å²) in [6.07, 6.45) is 14.8. The van der Waals surface area contributed by atoms with Gasteiger partial charge < -0.3 is 4.74 Å². The van der Waals surface area contributed by atoms with E-state index in [9.17, 15) is 0 Å². The van der Waals surface area contributed by atoms with Crippen LogP contribution in [0.3, 0.4) is 0 Å². The van der Waals surface area contributed by atoms with Crippen LogP contribution in [-0.4, -0.2) is 7.11 Å². The molecule has 0 bridgehead atoms. The van der Waals surface area contributed by atoms with Crippen molar-refractivity contribution in [3.05, 3.63) is 11.8 Å². The first kappa shape index (κ1) is 13.0. The quantitative estimate of drug-likeness (QED) is 0.629. The van der Waals surface area contributed by atoms with E-state index in [1.165, 1.54) is 63.4 Å². The predicted octanol–water partition coefficient (Wildman–Crippen LogP) is 4.92. The van der Waals surface area contributed by atoms with Crippen molar-refractivity contribution >= 4 is 0 Å². The molecule has 0 aromatic heterocycles. The molecule has 0 heterocycles. The summed E-state index contributed by atoms with van der Waals surface area (Å²) < 4.78 is 5.13. The molecule has 17 heavy (non-hydrogen) atoms. The summed E-state index contributed by atoms with van der Waals surface area (Å²) in [5.41, 5.74) is 1.53. The zero-order chi connectivity index (χ0) is 12.1. The molecule has 2 aliphatic carbocycles. The van der Waals surface area contributed by atoms with Crippen LogP contribution in [0.5, 0.6) is 0 Å². The topological polar surface area (TPSA) is 9.23 Å². The SMILES string of the molecule is CCCC1CCC(C2CCC(=COC)CC2)C1. The summed E-state index contributed by atoms with van der Waals surface area (Å²) in [7, 11) is 1.77. The third-order valence-electron chi connectivity index (χ3n) is 4.90. The van der Waals surface area contributed by atoms with Crippen LogP contribution >= 0.6 is 0 Å². The molecule has 98 valence electrons. The predicted molar refractivity (Wildman–Crippen MR) is 72.8 cm³/mol. The normalized spacial score (nSPS) is 33.8. The smallest absolute Gasteiger partial charge is 0.0816 e. The Morgan fingerprint density at radius 2 is 1.88 bits per heavy atom. The van der Waals surface area contributed by atoms with E-state index in [1.807, 2.05) is 6.26 Å². The Hall–Kier alpha value is -0.460. The molecule has 0 aliphatic heterocycles. The molecule has 0 spiro atoms. The van der Waals surface area contributed by atoms with Gasteiger partial charge in [0.15, 0.2) is 0 Å².